The zero-order valence-electron chi connectivity index (χ0n) is 8.54. The predicted molar refractivity (Wildman–Crippen MR) is 57.8 cm³/mol. The Morgan fingerprint density at radius 2 is 1.94 bits per heavy atom. The van der Waals surface area contributed by atoms with Gasteiger partial charge in [0.2, 0.25) is 0 Å². The Balaban J connectivity index is 2.57. The maximum Gasteiger partial charge on any atom is 0.152 e. The topological polar surface area (TPSA) is 17.8 Å². The first-order chi connectivity index (χ1) is 7.61. The van der Waals surface area contributed by atoms with Crippen molar-refractivity contribution in [3.8, 4) is 5.69 Å². The molecule has 2 nitrogen and oxygen atoms in total. The number of aromatic nitrogens is 2. The highest BCUT2D eigenvalue weighted by Crippen LogP contribution is 2.20. The zero-order chi connectivity index (χ0) is 11.7. The van der Waals surface area contributed by atoms with E-state index in [1.807, 2.05) is 0 Å². The van der Waals surface area contributed by atoms with Crippen LogP contribution in [0.1, 0.15) is 11.3 Å². The van der Waals surface area contributed by atoms with E-state index in [9.17, 15) is 8.78 Å². The molecule has 0 aliphatic carbocycles. The number of hydrogen-bond acceptors (Lipinski definition) is 1. The Morgan fingerprint density at radius 1 is 1.31 bits per heavy atom. The van der Waals surface area contributed by atoms with Crippen molar-refractivity contribution in [3.63, 3.8) is 0 Å². The van der Waals surface area contributed by atoms with Crippen LogP contribution < -0.4 is 0 Å². The summed E-state index contributed by atoms with van der Waals surface area (Å²) in [5, 5.41) is 3.96. The van der Waals surface area contributed by atoms with Crippen LogP contribution in [0.15, 0.2) is 24.4 Å². The van der Waals surface area contributed by atoms with Gasteiger partial charge in [-0.25, -0.2) is 13.5 Å². The maximum atomic E-state index is 13.6. The molecule has 84 valence electrons. The highest BCUT2D eigenvalue weighted by atomic mass is 35.5. The van der Waals surface area contributed by atoms with Gasteiger partial charge >= 0.3 is 0 Å². The summed E-state index contributed by atoms with van der Waals surface area (Å²) in [7, 11) is 0. The quantitative estimate of drug-likeness (QED) is 0.740. The van der Waals surface area contributed by atoms with E-state index >= 15 is 0 Å². The van der Waals surface area contributed by atoms with Gasteiger partial charge < -0.3 is 0 Å². The molecule has 16 heavy (non-hydrogen) atoms. The molecule has 2 aromatic rings. The minimum absolute atomic E-state index is 0.0756. The highest BCUT2D eigenvalue weighted by molar-refractivity contribution is 6.17. The van der Waals surface area contributed by atoms with E-state index < -0.39 is 11.6 Å². The van der Waals surface area contributed by atoms with E-state index in [1.54, 1.807) is 13.0 Å². The molecular weight excluding hydrogens is 234 g/mol. The fourth-order valence-corrected chi connectivity index (χ4v) is 1.61. The molecular formula is C11H9ClF2N2. The second-order valence-corrected chi connectivity index (χ2v) is 3.71. The molecule has 1 aromatic heterocycles. The van der Waals surface area contributed by atoms with Crippen LogP contribution >= 0.6 is 11.6 Å². The van der Waals surface area contributed by atoms with Gasteiger partial charge in [-0.1, -0.05) is 0 Å². The van der Waals surface area contributed by atoms with Gasteiger partial charge in [-0.3, -0.25) is 0 Å². The van der Waals surface area contributed by atoms with E-state index in [2.05, 4.69) is 5.10 Å². The number of benzene rings is 1. The first-order valence-corrected chi connectivity index (χ1v) is 5.22. The maximum absolute atomic E-state index is 13.6. The van der Waals surface area contributed by atoms with Gasteiger partial charge in [0.05, 0.1) is 5.69 Å². The van der Waals surface area contributed by atoms with Crippen LogP contribution in [0.4, 0.5) is 8.78 Å². The monoisotopic (exact) mass is 242 g/mol. The van der Waals surface area contributed by atoms with E-state index in [1.165, 1.54) is 23.0 Å². The van der Waals surface area contributed by atoms with Crippen molar-refractivity contribution < 1.29 is 8.78 Å². The van der Waals surface area contributed by atoms with Crippen molar-refractivity contribution in [3.05, 3.63) is 47.3 Å². The molecule has 0 saturated heterocycles. The summed E-state index contributed by atoms with van der Waals surface area (Å²) in [6.45, 7) is 1.75. The van der Waals surface area contributed by atoms with Crippen LogP contribution in [0, 0.1) is 18.6 Å². The number of hydrogen-bond donors (Lipinski definition) is 0. The molecule has 0 aliphatic rings. The standard InChI is InChI=1S/C11H9ClF2N2/c1-7-2-3-16(15-7)11-9(13)4-8(6-12)5-10(11)14/h2-5H,6H2,1H3. The molecule has 0 atom stereocenters. The van der Waals surface area contributed by atoms with Crippen LogP contribution in [0.2, 0.25) is 0 Å². The molecule has 0 bridgehead atoms. The van der Waals surface area contributed by atoms with E-state index in [0.717, 1.165) is 0 Å². The predicted octanol–water partition coefficient (Wildman–Crippen LogP) is 3.20. The van der Waals surface area contributed by atoms with Crippen molar-refractivity contribution in [2.24, 2.45) is 0 Å². The lowest BCUT2D eigenvalue weighted by molar-refractivity contribution is 0.557. The number of halogens is 3. The molecule has 0 fully saturated rings. The molecule has 0 N–H and O–H groups in total. The van der Waals surface area contributed by atoms with Gasteiger partial charge in [-0.2, -0.15) is 5.10 Å². The first-order valence-electron chi connectivity index (χ1n) is 4.68. The van der Waals surface area contributed by atoms with E-state index in [-0.39, 0.29) is 11.6 Å². The van der Waals surface area contributed by atoms with Gasteiger partial charge in [0.1, 0.15) is 5.69 Å². The van der Waals surface area contributed by atoms with Crippen molar-refractivity contribution >= 4 is 11.6 Å². The summed E-state index contributed by atoms with van der Waals surface area (Å²) in [5.41, 5.74) is 0.923. The molecule has 2 rings (SSSR count). The van der Waals surface area contributed by atoms with Crippen molar-refractivity contribution in [1.82, 2.24) is 9.78 Å². The Bertz CT molecular complexity index is 499. The lowest BCUT2D eigenvalue weighted by Gasteiger charge is -2.06. The lowest BCUT2D eigenvalue weighted by Crippen LogP contribution is -2.03. The van der Waals surface area contributed by atoms with Crippen LogP contribution in [0.3, 0.4) is 0 Å². The number of alkyl halides is 1. The Labute approximate surface area is 96.5 Å². The van der Waals surface area contributed by atoms with Crippen LogP contribution in [-0.4, -0.2) is 9.78 Å². The summed E-state index contributed by atoms with van der Waals surface area (Å²) in [6.07, 6.45) is 1.51. The molecule has 5 heteroatoms. The SMILES string of the molecule is Cc1ccn(-c2c(F)cc(CCl)cc2F)n1. The minimum Gasteiger partial charge on any atom is -0.235 e. The average molecular weight is 243 g/mol. The Hall–Kier alpha value is -1.42. The second kappa shape index (κ2) is 4.22. The molecule has 0 aliphatic heterocycles. The van der Waals surface area contributed by atoms with Crippen molar-refractivity contribution in [1.29, 1.82) is 0 Å². The van der Waals surface area contributed by atoms with Crippen molar-refractivity contribution in [2.45, 2.75) is 12.8 Å². The largest absolute Gasteiger partial charge is 0.235 e. The van der Waals surface area contributed by atoms with Gasteiger partial charge in [-0.15, -0.1) is 11.6 Å². The van der Waals surface area contributed by atoms with Gasteiger partial charge in [0.25, 0.3) is 0 Å². The number of rotatable bonds is 2. The molecule has 0 spiro atoms. The van der Waals surface area contributed by atoms with Gasteiger partial charge in [0, 0.05) is 12.1 Å². The lowest BCUT2D eigenvalue weighted by atomic mass is 10.2. The van der Waals surface area contributed by atoms with Crippen molar-refractivity contribution in [2.75, 3.05) is 0 Å². The minimum atomic E-state index is -0.668. The summed E-state index contributed by atoms with van der Waals surface area (Å²) >= 11 is 5.52. The zero-order valence-corrected chi connectivity index (χ0v) is 9.30. The second-order valence-electron chi connectivity index (χ2n) is 3.44. The fourth-order valence-electron chi connectivity index (χ4n) is 1.45. The first kappa shape index (κ1) is 11.1. The Morgan fingerprint density at radius 3 is 2.38 bits per heavy atom. The third-order valence-corrected chi connectivity index (χ3v) is 2.49. The van der Waals surface area contributed by atoms with Gasteiger partial charge in [-0.05, 0) is 30.7 Å². The summed E-state index contributed by atoms with van der Waals surface area (Å²) < 4.78 is 28.4. The normalized spacial score (nSPS) is 10.8. The fraction of sp³-hybridized carbons (Fsp3) is 0.182. The number of aryl methyl sites for hydroxylation is 1. The summed E-state index contributed by atoms with van der Waals surface area (Å²) in [4.78, 5) is 0. The molecule has 1 heterocycles. The smallest absolute Gasteiger partial charge is 0.152 e. The third-order valence-electron chi connectivity index (χ3n) is 2.18. The van der Waals surface area contributed by atoms with Gasteiger partial charge in [0.15, 0.2) is 11.6 Å². The Kier molecular flexibility index (Phi) is 2.92. The molecule has 0 radical (unpaired) electrons. The van der Waals surface area contributed by atoms with E-state index in [0.29, 0.717) is 11.3 Å². The summed E-state index contributed by atoms with van der Waals surface area (Å²) in [5.74, 6) is -1.26. The summed E-state index contributed by atoms with van der Waals surface area (Å²) in [6, 6.07) is 4.10. The van der Waals surface area contributed by atoms with Crippen LogP contribution in [0.5, 0.6) is 0 Å². The molecule has 0 amide bonds. The molecule has 0 saturated carbocycles. The highest BCUT2D eigenvalue weighted by Gasteiger charge is 2.13. The van der Waals surface area contributed by atoms with Crippen LogP contribution in [0.25, 0.3) is 5.69 Å². The molecule has 0 unspecified atom stereocenters. The average Bonchev–Trinajstić information content (AvgIpc) is 2.63. The molecule has 1 aromatic carbocycles. The van der Waals surface area contributed by atoms with E-state index in [4.69, 9.17) is 11.6 Å². The third kappa shape index (κ3) is 1.93. The van der Waals surface area contributed by atoms with Crippen LogP contribution in [-0.2, 0) is 5.88 Å². The number of nitrogens with zero attached hydrogens (tertiary/aromatic N) is 2.